The first-order valence-corrected chi connectivity index (χ1v) is 6.79. The zero-order valence-electron chi connectivity index (χ0n) is 10.2. The summed E-state index contributed by atoms with van der Waals surface area (Å²) in [5.41, 5.74) is -0.233. The molecule has 2 aromatic rings. The maximum atomic E-state index is 13.8. The van der Waals surface area contributed by atoms with E-state index in [9.17, 15) is 18.0 Å². The number of hydrogen-bond donors (Lipinski definition) is 0. The zero-order chi connectivity index (χ0) is 15.6. The van der Waals surface area contributed by atoms with Crippen molar-refractivity contribution in [3.05, 3.63) is 62.8 Å². The lowest BCUT2D eigenvalue weighted by molar-refractivity contribution is -0.0498. The van der Waals surface area contributed by atoms with Crippen LogP contribution in [0.15, 0.2) is 40.9 Å². The van der Waals surface area contributed by atoms with Crippen LogP contribution < -0.4 is 4.74 Å². The zero-order valence-corrected chi connectivity index (χ0v) is 12.6. The molecule has 0 radical (unpaired) electrons. The number of alkyl halides is 2. The number of ether oxygens (including phenoxy) is 1. The van der Waals surface area contributed by atoms with Gasteiger partial charge in [0, 0.05) is 10.0 Å². The first-order valence-electron chi connectivity index (χ1n) is 5.62. The van der Waals surface area contributed by atoms with Crippen LogP contribution in [0.1, 0.15) is 15.9 Å². The molecular weight excluding hydrogens is 373 g/mol. The third-order valence-electron chi connectivity index (χ3n) is 2.58. The summed E-state index contributed by atoms with van der Waals surface area (Å²) in [4.78, 5) is 12.2. The molecule has 21 heavy (non-hydrogen) atoms. The molecule has 0 N–H and O–H groups in total. The van der Waals surface area contributed by atoms with Crippen LogP contribution in [-0.2, 0) is 0 Å². The molecule has 0 saturated heterocycles. The lowest BCUT2D eigenvalue weighted by Crippen LogP contribution is -2.06. The van der Waals surface area contributed by atoms with Crippen molar-refractivity contribution in [1.29, 1.82) is 0 Å². The van der Waals surface area contributed by atoms with Crippen LogP contribution in [0.3, 0.4) is 0 Å². The molecule has 0 saturated carbocycles. The number of benzene rings is 2. The van der Waals surface area contributed by atoms with Gasteiger partial charge in [-0.05, 0) is 40.2 Å². The van der Waals surface area contributed by atoms with Gasteiger partial charge in [-0.15, -0.1) is 0 Å². The lowest BCUT2D eigenvalue weighted by Gasteiger charge is -2.08. The topological polar surface area (TPSA) is 26.3 Å². The van der Waals surface area contributed by atoms with Gasteiger partial charge in [0.15, 0.2) is 5.78 Å². The van der Waals surface area contributed by atoms with E-state index >= 15 is 0 Å². The van der Waals surface area contributed by atoms with E-state index < -0.39 is 18.2 Å². The van der Waals surface area contributed by atoms with Gasteiger partial charge in [-0.2, -0.15) is 8.78 Å². The highest BCUT2D eigenvalue weighted by atomic mass is 79.9. The average Bonchev–Trinajstić information content (AvgIpc) is 2.41. The molecule has 2 aromatic carbocycles. The number of rotatable bonds is 4. The molecule has 0 atom stereocenters. The summed E-state index contributed by atoms with van der Waals surface area (Å²) in [5, 5.41) is 0.166. The SMILES string of the molecule is O=C(c1cccc(OC(F)F)c1)c1cc(Cl)c(Br)cc1F. The Balaban J connectivity index is 2.38. The van der Waals surface area contributed by atoms with Crippen molar-refractivity contribution < 1.29 is 22.7 Å². The Labute approximate surface area is 131 Å². The Hall–Kier alpha value is -1.53. The molecule has 0 unspecified atom stereocenters. The van der Waals surface area contributed by atoms with E-state index in [1.807, 2.05) is 0 Å². The van der Waals surface area contributed by atoms with Gasteiger partial charge in [-0.3, -0.25) is 4.79 Å². The third kappa shape index (κ3) is 3.77. The van der Waals surface area contributed by atoms with Gasteiger partial charge in [0.25, 0.3) is 0 Å². The highest BCUT2D eigenvalue weighted by molar-refractivity contribution is 9.10. The highest BCUT2D eigenvalue weighted by Gasteiger charge is 2.17. The molecule has 0 amide bonds. The molecule has 2 rings (SSSR count). The van der Waals surface area contributed by atoms with Gasteiger partial charge < -0.3 is 4.74 Å². The summed E-state index contributed by atoms with van der Waals surface area (Å²) in [5.74, 6) is -1.63. The molecule has 0 aliphatic rings. The second-order valence-corrected chi connectivity index (χ2v) is 5.24. The molecule has 0 aromatic heterocycles. The summed E-state index contributed by atoms with van der Waals surface area (Å²) < 4.78 is 42.6. The third-order valence-corrected chi connectivity index (χ3v) is 3.77. The maximum Gasteiger partial charge on any atom is 0.387 e. The predicted octanol–water partition coefficient (Wildman–Crippen LogP) is 5.07. The smallest absolute Gasteiger partial charge is 0.387 e. The normalized spacial score (nSPS) is 10.8. The van der Waals surface area contributed by atoms with E-state index in [1.165, 1.54) is 24.3 Å². The summed E-state index contributed by atoms with van der Waals surface area (Å²) in [6, 6.07) is 7.36. The molecule has 0 aliphatic carbocycles. The van der Waals surface area contributed by atoms with Crippen molar-refractivity contribution in [2.45, 2.75) is 6.61 Å². The molecule has 2 nitrogen and oxygen atoms in total. The lowest BCUT2D eigenvalue weighted by atomic mass is 10.0. The van der Waals surface area contributed by atoms with Crippen molar-refractivity contribution in [1.82, 2.24) is 0 Å². The molecular formula is C14H7BrClF3O2. The van der Waals surface area contributed by atoms with Gasteiger partial charge in [0.2, 0.25) is 0 Å². The molecule has 0 heterocycles. The maximum absolute atomic E-state index is 13.8. The van der Waals surface area contributed by atoms with Crippen molar-refractivity contribution >= 4 is 33.3 Å². The minimum Gasteiger partial charge on any atom is -0.435 e. The quantitative estimate of drug-likeness (QED) is 0.547. The Morgan fingerprint density at radius 3 is 2.62 bits per heavy atom. The van der Waals surface area contributed by atoms with Gasteiger partial charge in [0.1, 0.15) is 11.6 Å². The predicted molar refractivity (Wildman–Crippen MR) is 75.6 cm³/mol. The van der Waals surface area contributed by atoms with Gasteiger partial charge in [-0.1, -0.05) is 23.7 Å². The fraction of sp³-hybridized carbons (Fsp3) is 0.0714. The van der Waals surface area contributed by atoms with Crippen molar-refractivity contribution in [2.75, 3.05) is 0 Å². The minimum atomic E-state index is -3.01. The van der Waals surface area contributed by atoms with Crippen LogP contribution in [0, 0.1) is 5.82 Å². The van der Waals surface area contributed by atoms with E-state index in [2.05, 4.69) is 20.7 Å². The van der Waals surface area contributed by atoms with Crippen LogP contribution in [0.4, 0.5) is 13.2 Å². The van der Waals surface area contributed by atoms with Crippen LogP contribution >= 0.6 is 27.5 Å². The van der Waals surface area contributed by atoms with Crippen LogP contribution in [0.25, 0.3) is 0 Å². The monoisotopic (exact) mass is 378 g/mol. The number of hydrogen-bond acceptors (Lipinski definition) is 2. The highest BCUT2D eigenvalue weighted by Crippen LogP contribution is 2.27. The van der Waals surface area contributed by atoms with Crippen LogP contribution in [0.2, 0.25) is 5.02 Å². The van der Waals surface area contributed by atoms with E-state index in [0.717, 1.165) is 12.1 Å². The molecule has 0 fully saturated rings. The summed E-state index contributed by atoms with van der Waals surface area (Å²) in [6.07, 6.45) is 0. The van der Waals surface area contributed by atoms with Crippen LogP contribution in [0.5, 0.6) is 5.75 Å². The summed E-state index contributed by atoms with van der Waals surface area (Å²) >= 11 is 8.87. The van der Waals surface area contributed by atoms with Gasteiger partial charge >= 0.3 is 6.61 Å². The fourth-order valence-electron chi connectivity index (χ4n) is 1.67. The molecule has 0 aliphatic heterocycles. The standard InChI is InChI=1S/C14H7BrClF3O2/c15-10-6-12(17)9(5-11(10)16)13(20)7-2-1-3-8(4-7)21-14(18)19/h1-6,14H. The van der Waals surface area contributed by atoms with E-state index in [-0.39, 0.29) is 21.9 Å². The van der Waals surface area contributed by atoms with Crippen molar-refractivity contribution in [3.63, 3.8) is 0 Å². The molecule has 0 spiro atoms. The Morgan fingerprint density at radius 1 is 1.24 bits per heavy atom. The Bertz CT molecular complexity index is 692. The minimum absolute atomic E-state index is 0.0189. The molecule has 110 valence electrons. The van der Waals surface area contributed by atoms with Crippen molar-refractivity contribution in [3.8, 4) is 5.75 Å². The van der Waals surface area contributed by atoms with Gasteiger partial charge in [-0.25, -0.2) is 4.39 Å². The number of carbonyl (C=O) groups is 1. The first kappa shape index (κ1) is 15.9. The van der Waals surface area contributed by atoms with Crippen LogP contribution in [-0.4, -0.2) is 12.4 Å². The molecule has 0 bridgehead atoms. The number of ketones is 1. The summed E-state index contributed by atoms with van der Waals surface area (Å²) in [6.45, 7) is -3.01. The second-order valence-electron chi connectivity index (χ2n) is 3.98. The summed E-state index contributed by atoms with van der Waals surface area (Å²) in [7, 11) is 0. The number of halogens is 5. The molecule has 7 heteroatoms. The van der Waals surface area contributed by atoms with Crippen molar-refractivity contribution in [2.24, 2.45) is 0 Å². The Morgan fingerprint density at radius 2 is 1.95 bits per heavy atom. The number of carbonyl (C=O) groups excluding carboxylic acids is 1. The average molecular weight is 380 g/mol. The second kappa shape index (κ2) is 6.49. The Kier molecular flexibility index (Phi) is 4.90. The largest absolute Gasteiger partial charge is 0.435 e. The fourth-order valence-corrected chi connectivity index (χ4v) is 2.14. The van der Waals surface area contributed by atoms with E-state index in [0.29, 0.717) is 4.47 Å². The van der Waals surface area contributed by atoms with Gasteiger partial charge in [0.05, 0.1) is 10.6 Å². The first-order chi connectivity index (χ1) is 9.88. The van der Waals surface area contributed by atoms with E-state index in [1.54, 1.807) is 0 Å². The van der Waals surface area contributed by atoms with E-state index in [4.69, 9.17) is 11.6 Å².